The van der Waals surface area contributed by atoms with Gasteiger partial charge in [0.1, 0.15) is 11.6 Å². The zero-order chi connectivity index (χ0) is 16.4. The number of piperidine rings is 1. The summed E-state index contributed by atoms with van der Waals surface area (Å²) in [6.45, 7) is 2.39. The van der Waals surface area contributed by atoms with Gasteiger partial charge < -0.3 is 9.47 Å². The molecule has 1 N–H and O–H groups in total. The molecule has 126 valence electrons. The third kappa shape index (κ3) is 2.94. The Morgan fingerprint density at radius 1 is 1.08 bits per heavy atom. The lowest BCUT2D eigenvalue weighted by molar-refractivity contribution is -0.121. The van der Waals surface area contributed by atoms with Crippen LogP contribution in [0.1, 0.15) is 37.3 Å². The maximum absolute atomic E-state index is 12.8. The number of para-hydroxylation sites is 1. The van der Waals surface area contributed by atoms with Crippen LogP contribution in [0.4, 0.5) is 5.69 Å². The largest absolute Gasteiger partial charge is 0.314 e. The van der Waals surface area contributed by atoms with Crippen molar-refractivity contribution in [1.29, 1.82) is 0 Å². The monoisotopic (exact) mass is 325 g/mol. The average Bonchev–Trinajstić information content (AvgIpc) is 3.05. The van der Waals surface area contributed by atoms with Gasteiger partial charge in [-0.25, -0.2) is 0 Å². The third-order valence-electron chi connectivity index (χ3n) is 4.95. The number of anilines is 1. The molecule has 0 bridgehead atoms. The molecule has 1 atom stereocenters. The molecule has 0 radical (unpaired) electrons. The van der Waals surface area contributed by atoms with Crippen LogP contribution < -0.4 is 10.2 Å². The van der Waals surface area contributed by atoms with Gasteiger partial charge in [-0.3, -0.25) is 10.1 Å². The Bertz CT molecular complexity index is 711. The van der Waals surface area contributed by atoms with E-state index in [9.17, 15) is 4.79 Å². The molecular formula is C18H23N5O. The minimum absolute atomic E-state index is 0.143. The van der Waals surface area contributed by atoms with E-state index in [1.54, 1.807) is 0 Å². The van der Waals surface area contributed by atoms with Crippen molar-refractivity contribution < 1.29 is 4.79 Å². The summed E-state index contributed by atoms with van der Waals surface area (Å²) < 4.78 is 2.21. The molecule has 24 heavy (non-hydrogen) atoms. The predicted octanol–water partition coefficient (Wildman–Crippen LogP) is 1.90. The van der Waals surface area contributed by atoms with Crippen LogP contribution in [0.15, 0.2) is 30.3 Å². The van der Waals surface area contributed by atoms with Crippen molar-refractivity contribution in [3.05, 3.63) is 42.0 Å². The number of aryl methyl sites for hydroxylation is 1. The number of carbonyl (C=O) groups excluding carboxylic acids is 1. The van der Waals surface area contributed by atoms with Crippen LogP contribution in [0, 0.1) is 0 Å². The number of benzene rings is 1. The molecule has 6 nitrogen and oxygen atoms in total. The molecule has 1 aromatic carbocycles. The highest BCUT2D eigenvalue weighted by molar-refractivity contribution is 5.97. The van der Waals surface area contributed by atoms with E-state index < -0.39 is 0 Å². The first kappa shape index (κ1) is 15.3. The van der Waals surface area contributed by atoms with Crippen molar-refractivity contribution in [1.82, 2.24) is 20.1 Å². The molecule has 1 saturated heterocycles. The van der Waals surface area contributed by atoms with Crippen LogP contribution >= 0.6 is 0 Å². The van der Waals surface area contributed by atoms with Gasteiger partial charge in [0.15, 0.2) is 0 Å². The molecule has 0 unspecified atom stereocenters. The van der Waals surface area contributed by atoms with Crippen LogP contribution in [-0.4, -0.2) is 33.3 Å². The van der Waals surface area contributed by atoms with Crippen molar-refractivity contribution >= 4 is 11.6 Å². The molecule has 1 amide bonds. The standard InChI is InChI=1S/C18H23N5O/c24-18-15(9-6-12-22(18)14-7-2-1-3-8-14)19-13-17-21-20-16-10-4-5-11-23(16)17/h1-3,7-8,15,19H,4-6,9-13H2/t15-/m0/s1. The molecule has 4 rings (SSSR count). The number of hydrogen-bond acceptors (Lipinski definition) is 4. The lowest BCUT2D eigenvalue weighted by atomic mass is 10.0. The van der Waals surface area contributed by atoms with Crippen molar-refractivity contribution in [2.75, 3.05) is 11.4 Å². The second-order valence-corrected chi connectivity index (χ2v) is 6.54. The molecule has 0 aliphatic carbocycles. The molecule has 6 heteroatoms. The van der Waals surface area contributed by atoms with E-state index in [1.807, 2.05) is 35.2 Å². The van der Waals surface area contributed by atoms with E-state index in [1.165, 1.54) is 12.8 Å². The van der Waals surface area contributed by atoms with Gasteiger partial charge in [-0.15, -0.1) is 10.2 Å². The van der Waals surface area contributed by atoms with Gasteiger partial charge in [0, 0.05) is 25.2 Å². The van der Waals surface area contributed by atoms with Gasteiger partial charge >= 0.3 is 0 Å². The Morgan fingerprint density at radius 3 is 2.83 bits per heavy atom. The van der Waals surface area contributed by atoms with Crippen LogP contribution in [0.25, 0.3) is 0 Å². The highest BCUT2D eigenvalue weighted by atomic mass is 16.2. The Balaban J connectivity index is 1.43. The van der Waals surface area contributed by atoms with E-state index in [-0.39, 0.29) is 11.9 Å². The van der Waals surface area contributed by atoms with E-state index in [0.29, 0.717) is 6.54 Å². The predicted molar refractivity (Wildman–Crippen MR) is 91.6 cm³/mol. The number of nitrogens with zero attached hydrogens (tertiary/aromatic N) is 4. The van der Waals surface area contributed by atoms with Crippen molar-refractivity contribution in [3.8, 4) is 0 Å². The molecule has 2 aromatic rings. The molecule has 2 aliphatic rings. The fraction of sp³-hybridized carbons (Fsp3) is 0.500. The van der Waals surface area contributed by atoms with Crippen LogP contribution in [0.3, 0.4) is 0 Å². The molecular weight excluding hydrogens is 302 g/mol. The molecule has 0 saturated carbocycles. The molecule has 2 aliphatic heterocycles. The number of fused-ring (bicyclic) bond motifs is 1. The first-order chi connectivity index (χ1) is 11.8. The molecule has 1 fully saturated rings. The lowest BCUT2D eigenvalue weighted by Crippen LogP contribution is -2.50. The van der Waals surface area contributed by atoms with E-state index in [2.05, 4.69) is 20.1 Å². The quantitative estimate of drug-likeness (QED) is 0.932. The van der Waals surface area contributed by atoms with Gasteiger partial charge in [-0.1, -0.05) is 18.2 Å². The summed E-state index contributed by atoms with van der Waals surface area (Å²) in [5.74, 6) is 2.19. The number of hydrogen-bond donors (Lipinski definition) is 1. The van der Waals surface area contributed by atoms with Gasteiger partial charge in [0.25, 0.3) is 0 Å². The third-order valence-corrected chi connectivity index (χ3v) is 4.95. The summed E-state index contributed by atoms with van der Waals surface area (Å²) >= 11 is 0. The maximum Gasteiger partial charge on any atom is 0.244 e. The minimum atomic E-state index is -0.143. The van der Waals surface area contributed by atoms with Crippen molar-refractivity contribution in [3.63, 3.8) is 0 Å². The topological polar surface area (TPSA) is 63.1 Å². The molecule has 3 heterocycles. The Morgan fingerprint density at radius 2 is 1.96 bits per heavy atom. The fourth-order valence-corrected chi connectivity index (χ4v) is 3.64. The summed E-state index contributed by atoms with van der Waals surface area (Å²) in [5.41, 5.74) is 0.980. The van der Waals surface area contributed by atoms with E-state index in [4.69, 9.17) is 0 Å². The number of aromatic nitrogens is 3. The maximum atomic E-state index is 12.8. The first-order valence-corrected chi connectivity index (χ1v) is 8.84. The summed E-state index contributed by atoms with van der Waals surface area (Å²) in [7, 11) is 0. The summed E-state index contributed by atoms with van der Waals surface area (Å²) in [6.07, 6.45) is 5.28. The second kappa shape index (κ2) is 6.73. The Hall–Kier alpha value is -2.21. The normalized spacial score (nSPS) is 20.9. The smallest absolute Gasteiger partial charge is 0.244 e. The van der Waals surface area contributed by atoms with Gasteiger partial charge in [-0.2, -0.15) is 0 Å². The van der Waals surface area contributed by atoms with Gasteiger partial charge in [-0.05, 0) is 37.8 Å². The van der Waals surface area contributed by atoms with Crippen molar-refractivity contribution in [2.45, 2.75) is 51.2 Å². The summed E-state index contributed by atoms with van der Waals surface area (Å²) in [6, 6.07) is 9.77. The van der Waals surface area contributed by atoms with Crippen LogP contribution in [-0.2, 0) is 24.3 Å². The van der Waals surface area contributed by atoms with E-state index >= 15 is 0 Å². The lowest BCUT2D eigenvalue weighted by Gasteiger charge is -2.32. The molecule has 0 spiro atoms. The summed E-state index contributed by atoms with van der Waals surface area (Å²) in [4.78, 5) is 14.7. The van der Waals surface area contributed by atoms with Gasteiger partial charge in [0.05, 0.1) is 12.6 Å². The Labute approximate surface area is 141 Å². The number of rotatable bonds is 4. The van der Waals surface area contributed by atoms with Crippen molar-refractivity contribution in [2.24, 2.45) is 0 Å². The van der Waals surface area contributed by atoms with Gasteiger partial charge in [0.2, 0.25) is 5.91 Å². The Kier molecular flexibility index (Phi) is 4.30. The number of amides is 1. The zero-order valence-electron chi connectivity index (χ0n) is 13.8. The second-order valence-electron chi connectivity index (χ2n) is 6.54. The highest BCUT2D eigenvalue weighted by Gasteiger charge is 2.29. The average molecular weight is 325 g/mol. The van der Waals surface area contributed by atoms with Crippen LogP contribution in [0.2, 0.25) is 0 Å². The summed E-state index contributed by atoms with van der Waals surface area (Å²) in [5, 5.41) is 12.0. The first-order valence-electron chi connectivity index (χ1n) is 8.84. The fourth-order valence-electron chi connectivity index (χ4n) is 3.64. The number of nitrogens with one attached hydrogen (secondary N) is 1. The van der Waals surface area contributed by atoms with Crippen LogP contribution in [0.5, 0.6) is 0 Å². The van der Waals surface area contributed by atoms with E-state index in [0.717, 1.165) is 49.7 Å². The SMILES string of the molecule is O=C1[C@@H](NCc2nnc3n2CCCC3)CCCN1c1ccccc1. The zero-order valence-corrected chi connectivity index (χ0v) is 13.8. The minimum Gasteiger partial charge on any atom is -0.314 e. The molecule has 1 aromatic heterocycles. The number of carbonyl (C=O) groups is 1. The highest BCUT2D eigenvalue weighted by Crippen LogP contribution is 2.21.